The van der Waals surface area contributed by atoms with E-state index in [-0.39, 0.29) is 62.6 Å². The number of amides is 6. The van der Waals surface area contributed by atoms with Crippen LogP contribution in [0.4, 0.5) is 5.69 Å². The summed E-state index contributed by atoms with van der Waals surface area (Å²) < 4.78 is 5.88. The van der Waals surface area contributed by atoms with Gasteiger partial charge in [0.1, 0.15) is 18.1 Å². The number of aromatic nitrogens is 1. The molecule has 0 bridgehead atoms. The first-order chi connectivity index (χ1) is 31.1. The molecule has 1 aromatic heterocycles. The van der Waals surface area contributed by atoms with Crippen molar-refractivity contribution in [1.82, 2.24) is 25.8 Å². The molecule has 4 heterocycles. The smallest absolute Gasteiger partial charge is 0.246 e. The highest BCUT2D eigenvalue weighted by molar-refractivity contribution is 7.13. The Hall–Kier alpha value is -5.45. The molecule has 0 unspecified atom stereocenters. The van der Waals surface area contributed by atoms with E-state index in [9.17, 15) is 33.9 Å². The Morgan fingerprint density at radius 3 is 2.46 bits per heavy atom. The maximum Gasteiger partial charge on any atom is 0.246 e. The Bertz CT molecular complexity index is 2200. The second kappa shape index (κ2) is 22.6. The van der Waals surface area contributed by atoms with Crippen molar-refractivity contribution >= 4 is 52.5 Å². The van der Waals surface area contributed by atoms with Crippen molar-refractivity contribution in [2.75, 3.05) is 24.7 Å². The van der Waals surface area contributed by atoms with Gasteiger partial charge in [-0.1, -0.05) is 81.8 Å². The lowest BCUT2D eigenvalue weighted by Gasteiger charge is -2.35. The first-order valence-electron chi connectivity index (χ1n) is 22.9. The number of carbonyl (C=O) groups is 6. The van der Waals surface area contributed by atoms with E-state index < -0.39 is 47.5 Å². The topological polar surface area (TPSA) is 213 Å². The number of anilines is 1. The third kappa shape index (κ3) is 13.1. The van der Waals surface area contributed by atoms with Gasteiger partial charge >= 0.3 is 0 Å². The average molecular weight is 912 g/mol. The molecular formula is C49H65N7O8S. The number of benzene rings is 2. The fraction of sp³-hybridized carbons (Fsp3) is 0.531. The zero-order valence-electron chi connectivity index (χ0n) is 38.1. The largest absolute Gasteiger partial charge is 0.391 e. The number of likely N-dealkylation sites (tertiary alicyclic amines) is 1. The Balaban J connectivity index is 0.897. The van der Waals surface area contributed by atoms with Crippen LogP contribution in [0.3, 0.4) is 0 Å². The van der Waals surface area contributed by atoms with Crippen molar-refractivity contribution in [2.24, 2.45) is 11.1 Å². The van der Waals surface area contributed by atoms with E-state index in [0.717, 1.165) is 70.6 Å². The Labute approximate surface area is 385 Å². The summed E-state index contributed by atoms with van der Waals surface area (Å²) in [6, 6.07) is 11.0. The fourth-order valence-electron chi connectivity index (χ4n) is 8.85. The number of thiazole rings is 1. The molecule has 3 aliphatic rings. The Kier molecular flexibility index (Phi) is 17.1. The summed E-state index contributed by atoms with van der Waals surface area (Å²) in [7, 11) is 0. The van der Waals surface area contributed by atoms with E-state index in [1.54, 1.807) is 16.2 Å². The molecule has 0 spiro atoms. The zero-order chi connectivity index (χ0) is 46.7. The van der Waals surface area contributed by atoms with Crippen molar-refractivity contribution in [3.05, 3.63) is 82.5 Å². The fourth-order valence-corrected chi connectivity index (χ4v) is 9.66. The van der Waals surface area contributed by atoms with Crippen molar-refractivity contribution in [3.63, 3.8) is 0 Å². The van der Waals surface area contributed by atoms with Gasteiger partial charge in [-0.3, -0.25) is 33.7 Å². The highest BCUT2D eigenvalue weighted by Crippen LogP contribution is 2.39. The number of hydrogen-bond acceptors (Lipinski definition) is 10. The van der Waals surface area contributed by atoms with Crippen LogP contribution in [0.2, 0.25) is 0 Å². The number of para-hydroxylation sites is 1. The number of ether oxygens (including phenoxy) is 1. The van der Waals surface area contributed by atoms with Crippen LogP contribution in [-0.2, 0) is 52.9 Å². The number of rotatable bonds is 21. The van der Waals surface area contributed by atoms with Crippen molar-refractivity contribution < 1.29 is 38.6 Å². The summed E-state index contributed by atoms with van der Waals surface area (Å²) in [5, 5.41) is 19.5. The van der Waals surface area contributed by atoms with Crippen molar-refractivity contribution in [2.45, 2.75) is 142 Å². The molecule has 0 radical (unpaired) electrons. The molecule has 5 atom stereocenters. The number of allylic oxidation sites excluding steroid dienone is 1. The maximum absolute atomic E-state index is 14.0. The highest BCUT2D eigenvalue weighted by atomic mass is 32.1. The molecule has 6 rings (SSSR count). The van der Waals surface area contributed by atoms with Gasteiger partial charge in [-0.25, -0.2) is 4.98 Å². The lowest BCUT2D eigenvalue weighted by Crippen LogP contribution is -2.57. The third-order valence-corrected chi connectivity index (χ3v) is 13.3. The van der Waals surface area contributed by atoms with E-state index in [4.69, 9.17) is 10.5 Å². The maximum atomic E-state index is 14.0. The predicted molar refractivity (Wildman–Crippen MR) is 249 cm³/mol. The van der Waals surface area contributed by atoms with Crippen LogP contribution in [-0.4, -0.2) is 100 Å². The number of aryl methyl sites for hydroxylation is 2. The number of nitrogens with one attached hydrogen (secondary N) is 3. The number of hydrogen-bond donors (Lipinski definition) is 5. The van der Waals surface area contributed by atoms with Crippen LogP contribution in [0, 0.1) is 12.3 Å². The van der Waals surface area contributed by atoms with Crippen LogP contribution in [0.5, 0.6) is 0 Å². The molecule has 6 N–H and O–H groups in total. The molecule has 16 heteroatoms. The van der Waals surface area contributed by atoms with Crippen molar-refractivity contribution in [3.8, 4) is 10.4 Å². The molecule has 6 amide bonds. The minimum Gasteiger partial charge on any atom is -0.391 e. The average Bonchev–Trinajstić information content (AvgIpc) is 3.97. The van der Waals surface area contributed by atoms with Gasteiger partial charge < -0.3 is 36.4 Å². The van der Waals surface area contributed by atoms with Gasteiger partial charge in [0.05, 0.1) is 47.1 Å². The molecule has 1 saturated heterocycles. The van der Waals surface area contributed by atoms with Crippen LogP contribution in [0.1, 0.15) is 107 Å². The van der Waals surface area contributed by atoms with E-state index in [1.165, 1.54) is 4.90 Å². The third-order valence-electron chi connectivity index (χ3n) is 12.3. The lowest BCUT2D eigenvalue weighted by molar-refractivity contribution is -0.144. The molecule has 2 aromatic carbocycles. The van der Waals surface area contributed by atoms with Gasteiger partial charge in [0.25, 0.3) is 0 Å². The Morgan fingerprint density at radius 2 is 1.74 bits per heavy atom. The number of aliphatic hydroxyl groups excluding tert-OH is 1. The van der Waals surface area contributed by atoms with Gasteiger partial charge in [0.15, 0.2) is 0 Å². The molecule has 1 fully saturated rings. The molecule has 0 aliphatic carbocycles. The second-order valence-electron chi connectivity index (χ2n) is 18.5. The van der Waals surface area contributed by atoms with Crippen LogP contribution in [0.25, 0.3) is 10.4 Å². The second-order valence-corrected chi connectivity index (χ2v) is 19.4. The summed E-state index contributed by atoms with van der Waals surface area (Å²) in [4.78, 5) is 87.4. The number of carbonyl (C=O) groups excluding carboxylic acids is 6. The zero-order valence-corrected chi connectivity index (χ0v) is 38.9. The standard InChI is InChI=1S/C49H65N7O8S/c1-31-44(65-30-52-31)34-20-18-32(19-21-34)27-51-46(61)38-26-37(57)28-55(38)48(63)45(49(2,3)4)54-41(59)16-9-7-5-6-8-10-24-64-29-36(22-23-40(50)58)53-47(62)39-25-35-15-11-13-33-14-12-17-42(60)56(39)43(33)35/h8,10-11,13,15,18-21,30,36-39,45,57H,5-7,9,12,14,16-17,22-29H2,1-4H3,(H2,50,58)(H,51,61)(H,53,62)(H,54,59)/b10-8-/t36-,37+,38-,39-,45+/m0/s1. The normalized spacial score (nSPS) is 19.2. The van der Waals surface area contributed by atoms with E-state index in [1.807, 2.05) is 87.8 Å². The summed E-state index contributed by atoms with van der Waals surface area (Å²) in [5.74, 6) is -1.80. The molecule has 0 saturated carbocycles. The number of nitrogens with two attached hydrogens (primary N) is 1. The number of nitrogens with zero attached hydrogens (tertiary/aromatic N) is 3. The first kappa shape index (κ1) is 49.0. The highest BCUT2D eigenvalue weighted by Gasteiger charge is 2.45. The summed E-state index contributed by atoms with van der Waals surface area (Å²) in [6.45, 7) is 8.31. The lowest BCUT2D eigenvalue weighted by atomic mass is 9.85. The minimum atomic E-state index is -0.892. The van der Waals surface area contributed by atoms with Gasteiger partial charge in [0, 0.05) is 45.2 Å². The molecule has 65 heavy (non-hydrogen) atoms. The van der Waals surface area contributed by atoms with E-state index >= 15 is 0 Å². The van der Waals surface area contributed by atoms with Crippen LogP contribution < -0.4 is 26.6 Å². The van der Waals surface area contributed by atoms with Crippen molar-refractivity contribution in [1.29, 1.82) is 0 Å². The Morgan fingerprint density at radius 1 is 0.969 bits per heavy atom. The summed E-state index contributed by atoms with van der Waals surface area (Å²) >= 11 is 1.57. The van der Waals surface area contributed by atoms with Gasteiger partial charge in [0.2, 0.25) is 35.4 Å². The number of primary amides is 1. The van der Waals surface area contributed by atoms with E-state index in [0.29, 0.717) is 32.3 Å². The summed E-state index contributed by atoms with van der Waals surface area (Å²) in [6.07, 6.45) is 9.16. The number of unbranched alkanes of at least 4 members (excludes halogenated alkanes) is 3. The number of β-amino-alcohol motifs (C(OH)–C–C–N with tert-alkyl or cyclic N) is 1. The quantitative estimate of drug-likeness (QED) is 0.0733. The van der Waals surface area contributed by atoms with Crippen LogP contribution >= 0.6 is 11.3 Å². The molecule has 15 nitrogen and oxygen atoms in total. The van der Waals surface area contributed by atoms with Crippen LogP contribution in [0.15, 0.2) is 60.1 Å². The van der Waals surface area contributed by atoms with Gasteiger partial charge in [-0.05, 0) is 73.1 Å². The van der Waals surface area contributed by atoms with E-state index in [2.05, 4.69) is 20.9 Å². The molecular weight excluding hydrogens is 847 g/mol. The molecule has 3 aromatic rings. The predicted octanol–water partition coefficient (Wildman–Crippen LogP) is 4.80. The monoisotopic (exact) mass is 911 g/mol. The SMILES string of the molecule is Cc1ncsc1-c1ccc(CNC(=O)[C@@H]2C[C@@H](O)CN2C(=O)[C@@H](NC(=O)CCCCC/C=C\COC[C@H](CCC(N)=O)NC(=O)[C@@H]2Cc3cccc4c3N2C(=O)CCC4)C(C)(C)C)cc1. The van der Waals surface area contributed by atoms with Gasteiger partial charge in [-0.2, -0.15) is 0 Å². The van der Waals surface area contributed by atoms with Gasteiger partial charge in [-0.15, -0.1) is 11.3 Å². The molecule has 350 valence electrons. The minimum absolute atomic E-state index is 0.00595. The molecule has 3 aliphatic heterocycles. The first-order valence-corrected chi connectivity index (χ1v) is 23.8. The number of aliphatic hydroxyl groups is 1. The summed E-state index contributed by atoms with van der Waals surface area (Å²) in [5.41, 5.74) is 12.4.